The lowest BCUT2D eigenvalue weighted by Crippen LogP contribution is -2.11. The van der Waals surface area contributed by atoms with Gasteiger partial charge in [-0.15, -0.1) is 0 Å². The maximum atomic E-state index is 3.82. The molecule has 0 N–H and O–H groups in total. The molecule has 0 spiro atoms. The van der Waals surface area contributed by atoms with E-state index in [1.807, 2.05) is 6.08 Å². The molecule has 2 aromatic rings. The predicted octanol–water partition coefficient (Wildman–Crippen LogP) is 6.67. The fourth-order valence-electron chi connectivity index (χ4n) is 2.84. The van der Waals surface area contributed by atoms with Crippen LogP contribution in [0.1, 0.15) is 55.5 Å². The fraction of sp³-hybridized carbons (Fsp3) is 0.333. The van der Waals surface area contributed by atoms with Crippen LogP contribution in [0.5, 0.6) is 0 Å². The van der Waals surface area contributed by atoms with Crippen LogP contribution < -0.4 is 0 Å². The molecular weight excluding hydrogens is 288 g/mol. The van der Waals surface area contributed by atoms with Crippen LogP contribution in [0, 0.1) is 6.92 Å². The third kappa shape index (κ3) is 4.96. The van der Waals surface area contributed by atoms with Crippen LogP contribution in [0.4, 0.5) is 0 Å². The molecule has 0 atom stereocenters. The number of allylic oxidation sites excluding steroid dienone is 2. The maximum absolute atomic E-state index is 3.82. The van der Waals surface area contributed by atoms with E-state index in [2.05, 4.69) is 89.7 Å². The number of benzene rings is 2. The molecule has 0 nitrogen and oxygen atoms in total. The van der Waals surface area contributed by atoms with Crippen molar-refractivity contribution in [2.75, 3.05) is 0 Å². The molecule has 0 unspecified atom stereocenters. The van der Waals surface area contributed by atoms with Crippen LogP contribution in [-0.2, 0) is 18.3 Å². The quantitative estimate of drug-likeness (QED) is 0.540. The summed E-state index contributed by atoms with van der Waals surface area (Å²) in [5, 5.41) is 0. The lowest BCUT2D eigenvalue weighted by atomic mass is 9.85. The Morgan fingerprint density at radius 3 is 2.25 bits per heavy atom. The summed E-state index contributed by atoms with van der Waals surface area (Å²) in [4.78, 5) is 0. The van der Waals surface area contributed by atoms with Crippen LogP contribution in [0.25, 0.3) is 6.08 Å². The molecule has 0 heterocycles. The molecule has 0 radical (unpaired) electrons. The van der Waals surface area contributed by atoms with Crippen molar-refractivity contribution in [3.05, 3.63) is 88.5 Å². The van der Waals surface area contributed by atoms with Gasteiger partial charge in [-0.05, 0) is 59.9 Å². The molecular formula is C24H30. The predicted molar refractivity (Wildman–Crippen MR) is 108 cm³/mol. The van der Waals surface area contributed by atoms with E-state index in [4.69, 9.17) is 0 Å². The minimum Gasteiger partial charge on any atom is -0.0988 e. The number of rotatable bonds is 5. The minimum atomic E-state index is 0.212. The van der Waals surface area contributed by atoms with Gasteiger partial charge in [0.15, 0.2) is 0 Å². The second-order valence-corrected chi connectivity index (χ2v) is 7.73. The van der Waals surface area contributed by atoms with Gasteiger partial charge in [-0.3, -0.25) is 0 Å². The van der Waals surface area contributed by atoms with Gasteiger partial charge in [-0.25, -0.2) is 0 Å². The normalized spacial score (nSPS) is 12.3. The maximum Gasteiger partial charge on any atom is -0.0132 e. The molecule has 0 bridgehead atoms. The van der Waals surface area contributed by atoms with Crippen molar-refractivity contribution >= 4 is 6.08 Å². The average molecular weight is 319 g/mol. The number of hydrogen-bond donors (Lipinski definition) is 0. The Kier molecular flexibility index (Phi) is 5.83. The lowest BCUT2D eigenvalue weighted by Gasteiger charge is -2.19. The van der Waals surface area contributed by atoms with Crippen molar-refractivity contribution in [2.24, 2.45) is 0 Å². The first kappa shape index (κ1) is 18.3. The largest absolute Gasteiger partial charge is 0.0988 e. The topological polar surface area (TPSA) is 0 Å². The van der Waals surface area contributed by atoms with E-state index >= 15 is 0 Å². The molecule has 0 amide bonds. The molecule has 126 valence electrons. The zero-order valence-corrected chi connectivity index (χ0v) is 15.8. The van der Waals surface area contributed by atoms with Gasteiger partial charge in [-0.2, -0.15) is 0 Å². The highest BCUT2D eigenvalue weighted by Gasteiger charge is 2.13. The summed E-state index contributed by atoms with van der Waals surface area (Å²) in [7, 11) is 0. The third-order valence-electron chi connectivity index (χ3n) is 4.53. The van der Waals surface area contributed by atoms with Crippen molar-refractivity contribution in [1.82, 2.24) is 0 Å². The van der Waals surface area contributed by atoms with Crippen LogP contribution in [0.2, 0.25) is 0 Å². The summed E-state index contributed by atoms with van der Waals surface area (Å²) in [6.45, 7) is 14.9. The van der Waals surface area contributed by atoms with E-state index in [1.165, 1.54) is 33.4 Å². The average Bonchev–Trinajstić information content (AvgIpc) is 2.54. The summed E-state index contributed by atoms with van der Waals surface area (Å²) < 4.78 is 0. The molecule has 2 rings (SSSR count). The van der Waals surface area contributed by atoms with Crippen molar-refractivity contribution < 1.29 is 0 Å². The summed E-state index contributed by atoms with van der Waals surface area (Å²) >= 11 is 0. The van der Waals surface area contributed by atoms with Gasteiger partial charge in [0.2, 0.25) is 0 Å². The van der Waals surface area contributed by atoms with Crippen molar-refractivity contribution in [3.63, 3.8) is 0 Å². The van der Waals surface area contributed by atoms with E-state index in [-0.39, 0.29) is 5.41 Å². The number of aryl methyl sites for hydroxylation is 3. The summed E-state index contributed by atoms with van der Waals surface area (Å²) in [5.74, 6) is 0. The van der Waals surface area contributed by atoms with Gasteiger partial charge in [-0.1, -0.05) is 87.5 Å². The van der Waals surface area contributed by atoms with E-state index in [1.54, 1.807) is 0 Å². The second kappa shape index (κ2) is 7.66. The Balaban J connectivity index is 2.10. The van der Waals surface area contributed by atoms with Gasteiger partial charge in [0.1, 0.15) is 0 Å². The first-order chi connectivity index (χ1) is 11.3. The zero-order valence-electron chi connectivity index (χ0n) is 15.8. The minimum absolute atomic E-state index is 0.212. The Morgan fingerprint density at radius 2 is 1.67 bits per heavy atom. The van der Waals surface area contributed by atoms with Crippen molar-refractivity contribution in [2.45, 2.75) is 52.9 Å². The molecule has 2 aromatic carbocycles. The third-order valence-corrected chi connectivity index (χ3v) is 4.53. The second-order valence-electron chi connectivity index (χ2n) is 7.73. The van der Waals surface area contributed by atoms with Gasteiger partial charge in [0, 0.05) is 0 Å². The standard InChI is InChI=1S/C24H30/c1-7-18(2)15-22-14-13-21(16-19(22)3)12-11-20-9-8-10-23(17-20)24(4,5)6/h7-10,13-17H,1,11-12H2,2-6H3/b18-15+. The molecule has 24 heavy (non-hydrogen) atoms. The Bertz CT molecular complexity index is 739. The van der Waals surface area contributed by atoms with Gasteiger partial charge in [0.05, 0.1) is 0 Å². The Morgan fingerprint density at radius 1 is 1.00 bits per heavy atom. The van der Waals surface area contributed by atoms with Crippen LogP contribution in [0.15, 0.2) is 60.7 Å². The first-order valence-electron chi connectivity index (χ1n) is 8.79. The van der Waals surface area contributed by atoms with Crippen molar-refractivity contribution in [3.8, 4) is 0 Å². The smallest absolute Gasteiger partial charge is 0.0132 e. The van der Waals surface area contributed by atoms with Crippen LogP contribution in [-0.4, -0.2) is 0 Å². The van der Waals surface area contributed by atoms with Gasteiger partial charge >= 0.3 is 0 Å². The SMILES string of the molecule is C=C/C(C)=C/c1ccc(CCc2cccc(C(C)(C)C)c2)cc1C. The molecule has 0 fully saturated rings. The monoisotopic (exact) mass is 318 g/mol. The van der Waals surface area contributed by atoms with E-state index in [0.29, 0.717) is 0 Å². The molecule has 0 aliphatic heterocycles. The molecule has 0 aliphatic carbocycles. The lowest BCUT2D eigenvalue weighted by molar-refractivity contribution is 0.589. The van der Waals surface area contributed by atoms with Gasteiger partial charge < -0.3 is 0 Å². The highest BCUT2D eigenvalue weighted by Crippen LogP contribution is 2.23. The molecule has 0 aliphatic rings. The fourth-order valence-corrected chi connectivity index (χ4v) is 2.84. The molecule has 0 saturated carbocycles. The zero-order chi connectivity index (χ0) is 17.7. The highest BCUT2D eigenvalue weighted by molar-refractivity contribution is 5.58. The molecule has 0 aromatic heterocycles. The summed E-state index contributed by atoms with van der Waals surface area (Å²) in [6.07, 6.45) is 6.26. The molecule has 0 saturated heterocycles. The Hall–Kier alpha value is -2.08. The molecule has 0 heteroatoms. The van der Waals surface area contributed by atoms with Crippen LogP contribution >= 0.6 is 0 Å². The van der Waals surface area contributed by atoms with E-state index in [9.17, 15) is 0 Å². The first-order valence-corrected chi connectivity index (χ1v) is 8.79. The van der Waals surface area contributed by atoms with Crippen LogP contribution in [0.3, 0.4) is 0 Å². The van der Waals surface area contributed by atoms with E-state index in [0.717, 1.165) is 12.8 Å². The highest BCUT2D eigenvalue weighted by atomic mass is 14.2. The Labute approximate surface area is 147 Å². The summed E-state index contributed by atoms with van der Waals surface area (Å²) in [5.41, 5.74) is 8.27. The van der Waals surface area contributed by atoms with Gasteiger partial charge in [0.25, 0.3) is 0 Å². The van der Waals surface area contributed by atoms with E-state index < -0.39 is 0 Å². The van der Waals surface area contributed by atoms with Crippen molar-refractivity contribution in [1.29, 1.82) is 0 Å². The number of hydrogen-bond acceptors (Lipinski definition) is 0. The summed E-state index contributed by atoms with van der Waals surface area (Å²) in [6, 6.07) is 15.8.